The highest BCUT2D eigenvalue weighted by molar-refractivity contribution is 6.42. The number of amides is 1. The van der Waals surface area contributed by atoms with Gasteiger partial charge in [-0.25, -0.2) is 10.2 Å². The highest BCUT2D eigenvalue weighted by Crippen LogP contribution is 2.31. The minimum Gasteiger partial charge on any atom is -0.482 e. The Hall–Kier alpha value is -3.87. The van der Waals surface area contributed by atoms with E-state index in [0.29, 0.717) is 21.9 Å². The summed E-state index contributed by atoms with van der Waals surface area (Å²) in [5, 5.41) is 6.31. The summed E-state index contributed by atoms with van der Waals surface area (Å²) in [4.78, 5) is 24.8. The topological polar surface area (TPSA) is 77.0 Å². The Morgan fingerprint density at radius 3 is 2.44 bits per heavy atom. The molecule has 0 aliphatic heterocycles. The fourth-order valence-corrected chi connectivity index (χ4v) is 3.52. The van der Waals surface area contributed by atoms with Crippen LogP contribution in [-0.4, -0.2) is 24.7 Å². The Bertz CT molecular complexity index is 1370. The van der Waals surface area contributed by atoms with Gasteiger partial charge in [-0.05, 0) is 41.1 Å². The molecule has 8 heteroatoms. The fourth-order valence-electron chi connectivity index (χ4n) is 3.17. The molecule has 1 N–H and O–H groups in total. The van der Waals surface area contributed by atoms with Gasteiger partial charge in [0.1, 0.15) is 16.5 Å². The van der Waals surface area contributed by atoms with Gasteiger partial charge in [0.2, 0.25) is 0 Å². The Kier molecular flexibility index (Phi) is 7.42. The molecule has 0 atom stereocenters. The molecule has 0 unspecified atom stereocenters. The SMILES string of the molecule is O=C(COc1cccc(Cl)c1Cl)N/N=C/c1c(OC(=O)c2ccccc2)ccc2ccccc12. The van der Waals surface area contributed by atoms with Gasteiger partial charge in [0.25, 0.3) is 5.91 Å². The first-order chi connectivity index (χ1) is 16.5. The first-order valence-electron chi connectivity index (χ1n) is 10.2. The molecule has 0 saturated heterocycles. The predicted octanol–water partition coefficient (Wildman–Crippen LogP) is 5.89. The van der Waals surface area contributed by atoms with Crippen LogP contribution in [0.3, 0.4) is 0 Å². The van der Waals surface area contributed by atoms with Crippen molar-refractivity contribution in [1.82, 2.24) is 5.43 Å². The normalized spacial score (nSPS) is 10.9. The number of esters is 1. The van der Waals surface area contributed by atoms with E-state index in [4.69, 9.17) is 32.7 Å². The fraction of sp³-hybridized carbons (Fsp3) is 0.0385. The van der Waals surface area contributed by atoms with Gasteiger partial charge >= 0.3 is 5.97 Å². The number of hydrogen-bond acceptors (Lipinski definition) is 5. The van der Waals surface area contributed by atoms with E-state index in [1.165, 1.54) is 6.21 Å². The molecular formula is C26H18Cl2N2O4. The second-order valence-corrected chi connectivity index (χ2v) is 7.87. The van der Waals surface area contributed by atoms with Crippen LogP contribution >= 0.6 is 23.2 Å². The molecule has 0 saturated carbocycles. The van der Waals surface area contributed by atoms with Gasteiger partial charge in [-0.1, -0.05) is 77.8 Å². The van der Waals surface area contributed by atoms with Crippen LogP contribution in [0.4, 0.5) is 0 Å². The minimum atomic E-state index is -0.504. The zero-order valence-corrected chi connectivity index (χ0v) is 19.2. The summed E-state index contributed by atoms with van der Waals surface area (Å²) in [5.41, 5.74) is 3.36. The van der Waals surface area contributed by atoms with Crippen LogP contribution in [0.2, 0.25) is 10.0 Å². The maximum absolute atomic E-state index is 12.6. The van der Waals surface area contributed by atoms with Crippen molar-refractivity contribution in [3.8, 4) is 11.5 Å². The lowest BCUT2D eigenvalue weighted by atomic mass is 10.0. The van der Waals surface area contributed by atoms with Crippen LogP contribution in [0, 0.1) is 0 Å². The largest absolute Gasteiger partial charge is 0.482 e. The second kappa shape index (κ2) is 10.8. The van der Waals surface area contributed by atoms with Crippen molar-refractivity contribution in [1.29, 1.82) is 0 Å². The number of rotatable bonds is 7. The van der Waals surface area contributed by atoms with Gasteiger partial charge < -0.3 is 9.47 Å². The maximum Gasteiger partial charge on any atom is 0.343 e. The lowest BCUT2D eigenvalue weighted by Gasteiger charge is -2.11. The third-order valence-electron chi connectivity index (χ3n) is 4.80. The van der Waals surface area contributed by atoms with E-state index >= 15 is 0 Å². The van der Waals surface area contributed by atoms with E-state index in [1.54, 1.807) is 48.5 Å². The number of benzene rings is 4. The predicted molar refractivity (Wildman–Crippen MR) is 133 cm³/mol. The second-order valence-electron chi connectivity index (χ2n) is 7.09. The molecule has 0 radical (unpaired) electrons. The summed E-state index contributed by atoms with van der Waals surface area (Å²) >= 11 is 12.0. The molecule has 0 aliphatic carbocycles. The third kappa shape index (κ3) is 5.54. The molecule has 0 bridgehead atoms. The van der Waals surface area contributed by atoms with Crippen molar-refractivity contribution >= 4 is 52.1 Å². The van der Waals surface area contributed by atoms with Crippen LogP contribution in [0.5, 0.6) is 11.5 Å². The Balaban J connectivity index is 1.50. The molecule has 0 heterocycles. The number of ether oxygens (including phenoxy) is 2. The number of carbonyl (C=O) groups is 2. The quantitative estimate of drug-likeness (QED) is 0.151. The van der Waals surface area contributed by atoms with Gasteiger partial charge in [0.05, 0.1) is 16.8 Å². The highest BCUT2D eigenvalue weighted by atomic mass is 35.5. The van der Waals surface area contributed by atoms with E-state index < -0.39 is 11.9 Å². The van der Waals surface area contributed by atoms with Crippen LogP contribution in [-0.2, 0) is 4.79 Å². The van der Waals surface area contributed by atoms with Crippen molar-refractivity contribution in [3.63, 3.8) is 0 Å². The van der Waals surface area contributed by atoms with Crippen LogP contribution in [0.15, 0.2) is 90.0 Å². The molecule has 4 rings (SSSR count). The molecule has 0 aromatic heterocycles. The summed E-state index contributed by atoms with van der Waals surface area (Å²) in [6.07, 6.45) is 1.43. The summed E-state index contributed by atoms with van der Waals surface area (Å²) in [6, 6.07) is 24.7. The zero-order chi connectivity index (χ0) is 23.9. The average Bonchev–Trinajstić information content (AvgIpc) is 2.86. The van der Waals surface area contributed by atoms with Crippen LogP contribution < -0.4 is 14.9 Å². The number of halogens is 2. The molecule has 0 spiro atoms. The lowest BCUT2D eigenvalue weighted by molar-refractivity contribution is -0.123. The highest BCUT2D eigenvalue weighted by Gasteiger charge is 2.13. The molecule has 0 aliphatic rings. The van der Waals surface area contributed by atoms with Gasteiger partial charge in [0, 0.05) is 5.56 Å². The molecule has 1 amide bonds. The van der Waals surface area contributed by atoms with Crippen molar-refractivity contribution < 1.29 is 19.1 Å². The number of carbonyl (C=O) groups excluding carboxylic acids is 2. The van der Waals surface area contributed by atoms with E-state index in [-0.39, 0.29) is 17.4 Å². The van der Waals surface area contributed by atoms with E-state index in [2.05, 4.69) is 10.5 Å². The summed E-state index contributed by atoms with van der Waals surface area (Å²) in [6.45, 7) is -0.317. The maximum atomic E-state index is 12.6. The Labute approximate surface area is 205 Å². The number of hydrogen-bond donors (Lipinski definition) is 1. The molecule has 6 nitrogen and oxygen atoms in total. The van der Waals surface area contributed by atoms with Crippen molar-refractivity contribution in [2.24, 2.45) is 5.10 Å². The smallest absolute Gasteiger partial charge is 0.343 e. The standard InChI is InChI=1S/C26H18Cl2N2O4/c27-21-11-6-12-23(25(21)28)33-16-24(31)30-29-15-20-19-10-5-4-7-17(19)13-14-22(20)34-26(32)18-8-2-1-3-9-18/h1-15H,16H2,(H,30,31)/b29-15+. The molecular weight excluding hydrogens is 475 g/mol. The Morgan fingerprint density at radius 2 is 1.62 bits per heavy atom. The number of fused-ring (bicyclic) bond motifs is 1. The van der Waals surface area contributed by atoms with Crippen molar-refractivity contribution in [3.05, 3.63) is 106 Å². The summed E-state index contributed by atoms with van der Waals surface area (Å²) < 4.78 is 11.0. The monoisotopic (exact) mass is 492 g/mol. The van der Waals surface area contributed by atoms with Crippen LogP contribution in [0.1, 0.15) is 15.9 Å². The van der Waals surface area contributed by atoms with E-state index in [1.807, 2.05) is 36.4 Å². The zero-order valence-electron chi connectivity index (χ0n) is 17.7. The third-order valence-corrected chi connectivity index (χ3v) is 5.60. The molecule has 170 valence electrons. The van der Waals surface area contributed by atoms with Crippen LogP contribution in [0.25, 0.3) is 10.8 Å². The van der Waals surface area contributed by atoms with E-state index in [0.717, 1.165) is 10.8 Å². The molecule has 0 fully saturated rings. The van der Waals surface area contributed by atoms with Gasteiger partial charge in [-0.15, -0.1) is 0 Å². The summed E-state index contributed by atoms with van der Waals surface area (Å²) in [7, 11) is 0. The van der Waals surface area contributed by atoms with Gasteiger partial charge in [-0.3, -0.25) is 4.79 Å². The minimum absolute atomic E-state index is 0.223. The first kappa shape index (κ1) is 23.3. The average molecular weight is 493 g/mol. The van der Waals surface area contributed by atoms with Gasteiger partial charge in [-0.2, -0.15) is 5.10 Å². The molecule has 4 aromatic rings. The number of nitrogens with one attached hydrogen (secondary N) is 1. The molecule has 34 heavy (non-hydrogen) atoms. The van der Waals surface area contributed by atoms with Crippen molar-refractivity contribution in [2.75, 3.05) is 6.61 Å². The Morgan fingerprint density at radius 1 is 0.853 bits per heavy atom. The van der Waals surface area contributed by atoms with Crippen molar-refractivity contribution in [2.45, 2.75) is 0 Å². The van der Waals surface area contributed by atoms with Gasteiger partial charge in [0.15, 0.2) is 6.61 Å². The number of nitrogens with zero attached hydrogens (tertiary/aromatic N) is 1. The molecule has 4 aromatic carbocycles. The summed E-state index contributed by atoms with van der Waals surface area (Å²) in [5.74, 6) is -0.401. The first-order valence-corrected chi connectivity index (χ1v) is 11.0. The number of hydrazone groups is 1. The lowest BCUT2D eigenvalue weighted by Crippen LogP contribution is -2.24. The van der Waals surface area contributed by atoms with E-state index in [9.17, 15) is 9.59 Å².